The minimum Gasteiger partial charge on any atom is -0.0654 e. The zero-order valence-corrected chi connectivity index (χ0v) is 10.5. The van der Waals surface area contributed by atoms with Gasteiger partial charge >= 0.3 is 0 Å². The Morgan fingerprint density at radius 1 is 0.692 bits per heavy atom. The monoisotopic (exact) mass is 186 g/mol. The van der Waals surface area contributed by atoms with Crippen LogP contribution < -0.4 is 0 Å². The summed E-state index contributed by atoms with van der Waals surface area (Å²) in [5.74, 6) is 0.963. The molecule has 0 bridgehead atoms. The highest BCUT2D eigenvalue weighted by molar-refractivity contribution is 4.48. The number of rotatable bonds is 6. The Balaban J connectivity index is 0. The Morgan fingerprint density at radius 2 is 1.08 bits per heavy atom. The summed E-state index contributed by atoms with van der Waals surface area (Å²) in [6.45, 7) is 11.3. The lowest BCUT2D eigenvalue weighted by atomic mass is 10.0. The molecule has 0 rings (SSSR count). The number of unbranched alkanes of at least 4 members (excludes halogenated alkanes) is 2. The van der Waals surface area contributed by atoms with E-state index in [1.807, 2.05) is 0 Å². The summed E-state index contributed by atoms with van der Waals surface area (Å²) in [5.41, 5.74) is 0. The van der Waals surface area contributed by atoms with Crippen molar-refractivity contribution in [2.24, 2.45) is 5.92 Å². The van der Waals surface area contributed by atoms with E-state index < -0.39 is 0 Å². The van der Waals surface area contributed by atoms with Gasteiger partial charge in [-0.05, 0) is 5.92 Å². The standard InChI is InChI=1S/C8H18.C5H12/c1-4-6-8(3)7-5-2;1-3-5-4-2/h8H,4-7H2,1-3H3;3-5H2,1-2H3. The Kier molecular flexibility index (Phi) is 17.3. The van der Waals surface area contributed by atoms with Gasteiger partial charge < -0.3 is 0 Å². The van der Waals surface area contributed by atoms with Crippen molar-refractivity contribution in [2.75, 3.05) is 0 Å². The fraction of sp³-hybridized carbons (Fsp3) is 1.00. The quantitative estimate of drug-likeness (QED) is 0.519. The van der Waals surface area contributed by atoms with Gasteiger partial charge in [-0.15, -0.1) is 0 Å². The average molecular weight is 186 g/mol. The van der Waals surface area contributed by atoms with Crippen LogP contribution in [0.15, 0.2) is 0 Å². The molecular formula is C13H30. The fourth-order valence-electron chi connectivity index (χ4n) is 1.48. The topological polar surface area (TPSA) is 0 Å². The molecule has 0 aromatic heterocycles. The molecular weight excluding hydrogens is 156 g/mol. The van der Waals surface area contributed by atoms with Crippen molar-refractivity contribution in [1.82, 2.24) is 0 Å². The number of hydrogen-bond donors (Lipinski definition) is 0. The van der Waals surface area contributed by atoms with E-state index >= 15 is 0 Å². The third-order valence-electron chi connectivity index (χ3n) is 2.27. The molecule has 0 aliphatic carbocycles. The molecule has 0 saturated carbocycles. The van der Waals surface area contributed by atoms with Crippen LogP contribution in [0.3, 0.4) is 0 Å². The van der Waals surface area contributed by atoms with Crippen molar-refractivity contribution in [3.63, 3.8) is 0 Å². The van der Waals surface area contributed by atoms with E-state index in [0.29, 0.717) is 0 Å². The minimum absolute atomic E-state index is 0.963. The van der Waals surface area contributed by atoms with Crippen molar-refractivity contribution in [3.8, 4) is 0 Å². The Morgan fingerprint density at radius 3 is 1.23 bits per heavy atom. The molecule has 0 aliphatic heterocycles. The van der Waals surface area contributed by atoms with Crippen LogP contribution in [0.5, 0.6) is 0 Å². The first-order valence-electron chi connectivity index (χ1n) is 6.22. The third-order valence-corrected chi connectivity index (χ3v) is 2.27. The van der Waals surface area contributed by atoms with Crippen LogP contribution in [0.2, 0.25) is 0 Å². The first-order chi connectivity index (χ1) is 6.22. The van der Waals surface area contributed by atoms with E-state index in [-0.39, 0.29) is 0 Å². The van der Waals surface area contributed by atoms with Gasteiger partial charge in [0.05, 0.1) is 0 Å². The molecule has 0 spiro atoms. The zero-order chi connectivity index (χ0) is 10.5. The maximum atomic E-state index is 2.34. The molecule has 0 heteroatoms. The second-order valence-electron chi connectivity index (χ2n) is 4.04. The van der Waals surface area contributed by atoms with Gasteiger partial charge in [-0.1, -0.05) is 79.6 Å². The van der Waals surface area contributed by atoms with Gasteiger partial charge in [0, 0.05) is 0 Å². The maximum Gasteiger partial charge on any atom is -0.0443 e. The highest BCUT2D eigenvalue weighted by Crippen LogP contribution is 2.10. The van der Waals surface area contributed by atoms with Gasteiger partial charge in [0.25, 0.3) is 0 Å². The van der Waals surface area contributed by atoms with E-state index in [4.69, 9.17) is 0 Å². The molecule has 0 amide bonds. The van der Waals surface area contributed by atoms with E-state index in [2.05, 4.69) is 34.6 Å². The first-order valence-corrected chi connectivity index (χ1v) is 6.22. The molecule has 0 unspecified atom stereocenters. The summed E-state index contributed by atoms with van der Waals surface area (Å²) in [6, 6.07) is 0. The lowest BCUT2D eigenvalue weighted by Crippen LogP contribution is -1.91. The van der Waals surface area contributed by atoms with Crippen molar-refractivity contribution in [2.45, 2.75) is 79.6 Å². The molecule has 0 saturated heterocycles. The molecule has 82 valence electrons. The molecule has 0 atom stereocenters. The smallest absolute Gasteiger partial charge is 0.0443 e. The van der Waals surface area contributed by atoms with Gasteiger partial charge in [-0.25, -0.2) is 0 Å². The summed E-state index contributed by atoms with van der Waals surface area (Å²) < 4.78 is 0. The van der Waals surface area contributed by atoms with Crippen LogP contribution >= 0.6 is 0 Å². The summed E-state index contributed by atoms with van der Waals surface area (Å²) in [6.07, 6.45) is 9.59. The molecule has 0 aromatic carbocycles. The maximum absolute atomic E-state index is 2.34. The lowest BCUT2D eigenvalue weighted by molar-refractivity contribution is 0.480. The lowest BCUT2D eigenvalue weighted by Gasteiger charge is -2.05. The van der Waals surface area contributed by atoms with Gasteiger partial charge in [0.1, 0.15) is 0 Å². The van der Waals surface area contributed by atoms with Crippen LogP contribution in [-0.2, 0) is 0 Å². The normalized spacial score (nSPS) is 9.69. The Labute approximate surface area is 86.1 Å². The van der Waals surface area contributed by atoms with E-state index in [1.165, 1.54) is 44.9 Å². The number of hydrogen-bond acceptors (Lipinski definition) is 0. The van der Waals surface area contributed by atoms with Gasteiger partial charge in [-0.2, -0.15) is 0 Å². The van der Waals surface area contributed by atoms with Crippen LogP contribution in [0.4, 0.5) is 0 Å². The van der Waals surface area contributed by atoms with Crippen LogP contribution in [0, 0.1) is 5.92 Å². The van der Waals surface area contributed by atoms with Crippen LogP contribution in [-0.4, -0.2) is 0 Å². The summed E-state index contributed by atoms with van der Waals surface area (Å²) in [4.78, 5) is 0. The van der Waals surface area contributed by atoms with Crippen molar-refractivity contribution < 1.29 is 0 Å². The molecule has 0 aromatic rings. The van der Waals surface area contributed by atoms with Crippen molar-refractivity contribution >= 4 is 0 Å². The molecule has 0 N–H and O–H groups in total. The molecule has 0 fully saturated rings. The third kappa shape index (κ3) is 18.8. The zero-order valence-electron chi connectivity index (χ0n) is 10.5. The summed E-state index contributed by atoms with van der Waals surface area (Å²) in [7, 11) is 0. The van der Waals surface area contributed by atoms with Crippen LogP contribution in [0.25, 0.3) is 0 Å². The average Bonchev–Trinajstić information content (AvgIpc) is 2.08. The molecule has 0 aliphatic rings. The second-order valence-corrected chi connectivity index (χ2v) is 4.04. The largest absolute Gasteiger partial charge is 0.0654 e. The Bertz CT molecular complexity index is 58.4. The van der Waals surface area contributed by atoms with Crippen molar-refractivity contribution in [1.29, 1.82) is 0 Å². The SMILES string of the molecule is CCCC(C)CCC.CCCCC. The van der Waals surface area contributed by atoms with Gasteiger partial charge in [0.2, 0.25) is 0 Å². The summed E-state index contributed by atoms with van der Waals surface area (Å²) >= 11 is 0. The Hall–Kier alpha value is 0. The molecule has 0 heterocycles. The van der Waals surface area contributed by atoms with E-state index in [0.717, 1.165) is 5.92 Å². The minimum atomic E-state index is 0.963. The highest BCUT2D eigenvalue weighted by atomic mass is 14.0. The van der Waals surface area contributed by atoms with Gasteiger partial charge in [0.15, 0.2) is 0 Å². The molecule has 13 heavy (non-hydrogen) atoms. The predicted molar refractivity (Wildman–Crippen MR) is 64.2 cm³/mol. The molecule has 0 nitrogen and oxygen atoms in total. The predicted octanol–water partition coefficient (Wildman–Crippen LogP) is 5.42. The van der Waals surface area contributed by atoms with Crippen molar-refractivity contribution in [3.05, 3.63) is 0 Å². The second kappa shape index (κ2) is 14.5. The first kappa shape index (κ1) is 15.5. The fourth-order valence-corrected chi connectivity index (χ4v) is 1.48. The summed E-state index contributed by atoms with van der Waals surface area (Å²) in [5, 5.41) is 0. The van der Waals surface area contributed by atoms with E-state index in [9.17, 15) is 0 Å². The van der Waals surface area contributed by atoms with Gasteiger partial charge in [-0.3, -0.25) is 0 Å². The van der Waals surface area contributed by atoms with E-state index in [1.54, 1.807) is 0 Å². The highest BCUT2D eigenvalue weighted by Gasteiger charge is 1.95. The molecule has 0 radical (unpaired) electrons. The van der Waals surface area contributed by atoms with Crippen LogP contribution in [0.1, 0.15) is 79.6 Å².